The van der Waals surface area contributed by atoms with Crippen LogP contribution < -0.4 is 0 Å². The van der Waals surface area contributed by atoms with Crippen molar-refractivity contribution >= 4 is 20.2 Å². The molecule has 0 heterocycles. The van der Waals surface area contributed by atoms with Crippen molar-refractivity contribution in [2.45, 2.75) is 0 Å². The van der Waals surface area contributed by atoms with Crippen molar-refractivity contribution in [2.75, 3.05) is 27.2 Å². The van der Waals surface area contributed by atoms with E-state index in [1.54, 1.807) is 0 Å². The number of nitrogens with zero attached hydrogens (tertiary/aromatic N) is 1. The molecule has 0 radical (unpaired) electrons. The normalized spacial score (nSPS) is 9.11. The Morgan fingerprint density at radius 3 is 1.78 bits per heavy atom. The third kappa shape index (κ3) is 27.5. The van der Waals surface area contributed by atoms with Gasteiger partial charge in [0, 0.05) is 6.54 Å². The standard InChI is InChI=1S/C4H11NO.2ClH.Fe/c1-5(2)3-4-6;;;/h6H,3-4H2,1-2H3;2*1H;/q;;;+2/p-2. The van der Waals surface area contributed by atoms with Gasteiger partial charge < -0.3 is 10.0 Å². The molecular weight excluding hydrogens is 205 g/mol. The summed E-state index contributed by atoms with van der Waals surface area (Å²) in [6.07, 6.45) is 0. The van der Waals surface area contributed by atoms with E-state index in [4.69, 9.17) is 25.3 Å². The summed E-state index contributed by atoms with van der Waals surface area (Å²) in [6, 6.07) is 0. The molecule has 0 atom stereocenters. The monoisotopic (exact) mass is 215 g/mol. The van der Waals surface area contributed by atoms with Gasteiger partial charge in [0.05, 0.1) is 6.61 Å². The number of likely N-dealkylation sites (N-methyl/N-ethyl adjacent to an activating group) is 1. The number of aliphatic hydroxyl groups excluding tert-OH is 1. The average molecular weight is 216 g/mol. The van der Waals surface area contributed by atoms with Crippen LogP contribution in [-0.4, -0.2) is 37.3 Å². The van der Waals surface area contributed by atoms with Crippen LogP contribution in [0.2, 0.25) is 0 Å². The van der Waals surface area contributed by atoms with E-state index in [1.807, 2.05) is 19.0 Å². The summed E-state index contributed by atoms with van der Waals surface area (Å²) in [4.78, 5) is 1.93. The zero-order chi connectivity index (χ0) is 7.70. The molecule has 0 aromatic carbocycles. The number of aliphatic hydroxyl groups is 1. The van der Waals surface area contributed by atoms with Gasteiger partial charge in [-0.25, -0.2) is 0 Å². The zero-order valence-electron chi connectivity index (χ0n) is 5.42. The molecule has 0 saturated heterocycles. The van der Waals surface area contributed by atoms with E-state index < -0.39 is 0 Å². The molecule has 9 heavy (non-hydrogen) atoms. The summed E-state index contributed by atoms with van der Waals surface area (Å²) in [7, 11) is 13.4. The third-order valence-corrected chi connectivity index (χ3v) is 0.547. The molecule has 0 amide bonds. The topological polar surface area (TPSA) is 23.5 Å². The summed E-state index contributed by atoms with van der Waals surface area (Å²) in [6.45, 7) is 1.02. The van der Waals surface area contributed by atoms with E-state index in [9.17, 15) is 0 Å². The van der Waals surface area contributed by atoms with E-state index >= 15 is 0 Å². The van der Waals surface area contributed by atoms with Crippen LogP contribution in [0, 0.1) is 0 Å². The van der Waals surface area contributed by atoms with Gasteiger partial charge in [0.15, 0.2) is 0 Å². The Hall–Kier alpha value is 1.02. The molecule has 60 valence electrons. The van der Waals surface area contributed by atoms with Gasteiger partial charge in [0.1, 0.15) is 0 Å². The van der Waals surface area contributed by atoms with Crippen LogP contribution in [0.3, 0.4) is 0 Å². The maximum absolute atomic E-state index is 8.20. The van der Waals surface area contributed by atoms with E-state index in [1.165, 1.54) is 0 Å². The number of halogens is 2. The summed E-state index contributed by atoms with van der Waals surface area (Å²) in [5.74, 6) is 0. The molecule has 0 aliphatic rings. The Bertz CT molecular complexity index is 47.5. The number of rotatable bonds is 2. The molecule has 0 spiro atoms. The Morgan fingerprint density at radius 1 is 1.44 bits per heavy atom. The molecular formula is C4H11Cl2FeNO. The van der Waals surface area contributed by atoms with Gasteiger partial charge in [-0.3, -0.25) is 0 Å². The Balaban J connectivity index is 0. The van der Waals surface area contributed by atoms with Crippen molar-refractivity contribution in [1.29, 1.82) is 0 Å². The van der Waals surface area contributed by atoms with Crippen LogP contribution in [-0.2, 0) is 13.1 Å². The van der Waals surface area contributed by atoms with Crippen LogP contribution in [0.15, 0.2) is 0 Å². The summed E-state index contributed by atoms with van der Waals surface area (Å²) >= 11 is 0.194. The van der Waals surface area contributed by atoms with E-state index in [0.717, 1.165) is 6.54 Å². The van der Waals surface area contributed by atoms with Gasteiger partial charge in [-0.1, -0.05) is 0 Å². The third-order valence-electron chi connectivity index (χ3n) is 0.547. The molecule has 1 N–H and O–H groups in total. The van der Waals surface area contributed by atoms with E-state index in [2.05, 4.69) is 0 Å². The first kappa shape index (κ1) is 12.7. The second kappa shape index (κ2) is 11.8. The molecule has 0 saturated carbocycles. The fraction of sp³-hybridized carbons (Fsp3) is 1.00. The Labute approximate surface area is 70.7 Å². The van der Waals surface area contributed by atoms with Gasteiger partial charge in [0.2, 0.25) is 0 Å². The summed E-state index contributed by atoms with van der Waals surface area (Å²) in [5, 5.41) is 8.20. The number of hydrogen-bond donors (Lipinski definition) is 1. The molecule has 0 aromatic rings. The summed E-state index contributed by atoms with van der Waals surface area (Å²) in [5.41, 5.74) is 0. The Morgan fingerprint density at radius 2 is 1.78 bits per heavy atom. The van der Waals surface area contributed by atoms with Gasteiger partial charge in [-0.15, -0.1) is 0 Å². The summed E-state index contributed by atoms with van der Waals surface area (Å²) < 4.78 is 0. The van der Waals surface area contributed by atoms with Crippen molar-refractivity contribution in [3.05, 3.63) is 0 Å². The van der Waals surface area contributed by atoms with Crippen LogP contribution in [0.4, 0.5) is 0 Å². The fourth-order valence-electron chi connectivity index (χ4n) is 0.200. The minimum absolute atomic E-state index is 0.194. The first-order chi connectivity index (χ1) is 4.18. The van der Waals surface area contributed by atoms with Crippen LogP contribution in [0.25, 0.3) is 0 Å². The van der Waals surface area contributed by atoms with Crippen LogP contribution in [0.1, 0.15) is 0 Å². The molecule has 0 aromatic heterocycles. The quantitative estimate of drug-likeness (QED) is 0.693. The molecule has 0 fully saturated rings. The second-order valence-corrected chi connectivity index (χ2v) is 3.40. The zero-order valence-corrected chi connectivity index (χ0v) is 8.03. The van der Waals surface area contributed by atoms with Crippen LogP contribution >= 0.6 is 20.2 Å². The first-order valence-corrected chi connectivity index (χ1v) is 5.33. The van der Waals surface area contributed by atoms with Crippen LogP contribution in [0.5, 0.6) is 0 Å². The predicted molar refractivity (Wildman–Crippen MR) is 37.3 cm³/mol. The minimum atomic E-state index is 0.194. The van der Waals surface area contributed by atoms with Crippen molar-refractivity contribution in [3.63, 3.8) is 0 Å². The second-order valence-electron chi connectivity index (χ2n) is 1.58. The number of hydrogen-bond acceptors (Lipinski definition) is 2. The van der Waals surface area contributed by atoms with Gasteiger partial charge in [-0.2, -0.15) is 0 Å². The fourth-order valence-corrected chi connectivity index (χ4v) is 0.200. The average Bonchev–Trinajstić information content (AvgIpc) is 1.67. The molecule has 5 heteroatoms. The first-order valence-electron chi connectivity index (χ1n) is 2.29. The Kier molecular flexibility index (Phi) is 16.6. The van der Waals surface area contributed by atoms with Gasteiger partial charge in [0.25, 0.3) is 0 Å². The molecule has 0 bridgehead atoms. The SMILES string of the molecule is CN(C)CCO.[Cl][Fe][Cl]. The van der Waals surface area contributed by atoms with Crippen molar-refractivity contribution in [1.82, 2.24) is 4.90 Å². The van der Waals surface area contributed by atoms with Crippen molar-refractivity contribution < 1.29 is 18.2 Å². The van der Waals surface area contributed by atoms with Gasteiger partial charge in [-0.05, 0) is 14.1 Å². The van der Waals surface area contributed by atoms with Crippen molar-refractivity contribution in [2.24, 2.45) is 0 Å². The molecule has 0 unspecified atom stereocenters. The predicted octanol–water partition coefficient (Wildman–Crippen LogP) is 0.917. The van der Waals surface area contributed by atoms with E-state index in [0.29, 0.717) is 0 Å². The maximum atomic E-state index is 8.20. The molecule has 0 aliphatic carbocycles. The molecule has 0 rings (SSSR count). The van der Waals surface area contributed by atoms with E-state index in [-0.39, 0.29) is 19.7 Å². The van der Waals surface area contributed by atoms with Gasteiger partial charge >= 0.3 is 33.3 Å². The molecule has 2 nitrogen and oxygen atoms in total. The van der Waals surface area contributed by atoms with Crippen molar-refractivity contribution in [3.8, 4) is 0 Å². The molecule has 0 aliphatic heterocycles.